The number of nitrogens with zero attached hydrogens (tertiary/aromatic N) is 3. The van der Waals surface area contributed by atoms with E-state index in [9.17, 15) is 14.7 Å². The number of rotatable bonds is 5. The van der Waals surface area contributed by atoms with Crippen molar-refractivity contribution in [3.05, 3.63) is 66.1 Å². The minimum absolute atomic E-state index is 0.205. The molecule has 1 aliphatic heterocycles. The molecule has 7 heteroatoms. The maximum absolute atomic E-state index is 12.7. The van der Waals surface area contributed by atoms with Gasteiger partial charge in [0.1, 0.15) is 11.7 Å². The van der Waals surface area contributed by atoms with E-state index >= 15 is 0 Å². The van der Waals surface area contributed by atoms with Gasteiger partial charge in [-0.15, -0.1) is 11.8 Å². The van der Waals surface area contributed by atoms with Crippen LogP contribution in [0.25, 0.3) is 5.65 Å². The number of pyridine rings is 1. The van der Waals surface area contributed by atoms with Gasteiger partial charge in [0.2, 0.25) is 0 Å². The Labute approximate surface area is 167 Å². The lowest BCUT2D eigenvalue weighted by molar-refractivity contribution is -0.143. The first-order valence-electron chi connectivity index (χ1n) is 9.31. The Hall–Kier alpha value is -2.80. The van der Waals surface area contributed by atoms with Crippen LogP contribution in [-0.2, 0) is 10.5 Å². The van der Waals surface area contributed by atoms with Crippen LogP contribution in [0.15, 0.2) is 59.8 Å². The van der Waals surface area contributed by atoms with Gasteiger partial charge in [-0.2, -0.15) is 0 Å². The fourth-order valence-corrected chi connectivity index (χ4v) is 4.29. The Kier molecular flexibility index (Phi) is 5.34. The number of carboxylic acid groups (broad SMARTS) is 1. The molecular formula is C21H21N3O3S. The molecule has 2 aromatic heterocycles. The smallest absolute Gasteiger partial charge is 0.326 e. The van der Waals surface area contributed by atoms with Crippen LogP contribution in [0.3, 0.4) is 0 Å². The number of carboxylic acids is 1. The molecule has 144 valence electrons. The second-order valence-electron chi connectivity index (χ2n) is 6.86. The third-order valence-electron chi connectivity index (χ3n) is 4.95. The van der Waals surface area contributed by atoms with E-state index in [0.717, 1.165) is 34.8 Å². The number of thioether (sulfide) groups is 1. The molecule has 3 aromatic rings. The highest BCUT2D eigenvalue weighted by Gasteiger charge is 2.32. The largest absolute Gasteiger partial charge is 0.480 e. The van der Waals surface area contributed by atoms with Crippen molar-refractivity contribution in [2.75, 3.05) is 6.54 Å². The average molecular weight is 395 g/mol. The van der Waals surface area contributed by atoms with Crippen molar-refractivity contribution >= 4 is 29.3 Å². The lowest BCUT2D eigenvalue weighted by Gasteiger charge is -2.33. The number of hydrogen-bond acceptors (Lipinski definition) is 4. The van der Waals surface area contributed by atoms with E-state index in [4.69, 9.17) is 0 Å². The van der Waals surface area contributed by atoms with E-state index in [2.05, 4.69) is 4.98 Å². The molecule has 0 radical (unpaired) electrons. The minimum atomic E-state index is -0.923. The molecule has 4 rings (SSSR count). The summed E-state index contributed by atoms with van der Waals surface area (Å²) in [6.45, 7) is 0.500. The highest BCUT2D eigenvalue weighted by atomic mass is 32.2. The standard InChI is InChI=1S/C21H21N3O3S/c25-20(24-12-4-1-5-18(24)21(26)27)15-7-9-17(10-8-15)28-14-16-13-23-11-3-2-6-19(23)22-16/h2-3,6-11,13,18H,1,4-5,12,14H2,(H,26,27). The Balaban J connectivity index is 1.41. The van der Waals surface area contributed by atoms with Crippen LogP contribution in [0.5, 0.6) is 0 Å². The Morgan fingerprint density at radius 3 is 2.71 bits per heavy atom. The number of imidazole rings is 1. The van der Waals surface area contributed by atoms with Crippen molar-refractivity contribution < 1.29 is 14.7 Å². The number of carbonyl (C=O) groups is 2. The van der Waals surface area contributed by atoms with Gasteiger partial charge in [0.15, 0.2) is 0 Å². The monoisotopic (exact) mass is 395 g/mol. The SMILES string of the molecule is O=C(O)C1CCCCN1C(=O)c1ccc(SCc2cn3ccccc3n2)cc1. The number of likely N-dealkylation sites (tertiary alicyclic amines) is 1. The number of fused-ring (bicyclic) bond motifs is 1. The number of hydrogen-bond donors (Lipinski definition) is 1. The summed E-state index contributed by atoms with van der Waals surface area (Å²) in [6.07, 6.45) is 6.21. The molecule has 1 N–H and O–H groups in total. The average Bonchev–Trinajstić information content (AvgIpc) is 3.15. The first kappa shape index (κ1) is 18.6. The normalized spacial score (nSPS) is 17.0. The molecule has 1 unspecified atom stereocenters. The third-order valence-corrected chi connectivity index (χ3v) is 6.00. The number of aliphatic carboxylic acids is 1. The first-order valence-corrected chi connectivity index (χ1v) is 10.3. The first-order chi connectivity index (χ1) is 13.6. The highest BCUT2D eigenvalue weighted by molar-refractivity contribution is 7.98. The quantitative estimate of drug-likeness (QED) is 0.667. The van der Waals surface area contributed by atoms with Crippen molar-refractivity contribution in [3.8, 4) is 0 Å². The fourth-order valence-electron chi connectivity index (χ4n) is 3.50. The Morgan fingerprint density at radius 1 is 1.14 bits per heavy atom. The van der Waals surface area contributed by atoms with Crippen LogP contribution >= 0.6 is 11.8 Å². The zero-order valence-electron chi connectivity index (χ0n) is 15.3. The number of carbonyl (C=O) groups excluding carboxylic acids is 1. The minimum Gasteiger partial charge on any atom is -0.480 e. The summed E-state index contributed by atoms with van der Waals surface area (Å²) in [6, 6.07) is 12.6. The Morgan fingerprint density at radius 2 is 1.96 bits per heavy atom. The molecule has 28 heavy (non-hydrogen) atoms. The van der Waals surface area contributed by atoms with Crippen LogP contribution in [0.4, 0.5) is 0 Å². The zero-order valence-corrected chi connectivity index (χ0v) is 16.1. The molecular weight excluding hydrogens is 374 g/mol. The van der Waals surface area contributed by atoms with Crippen LogP contribution in [0.2, 0.25) is 0 Å². The van der Waals surface area contributed by atoms with Crippen LogP contribution in [0, 0.1) is 0 Å². The van der Waals surface area contributed by atoms with E-state index < -0.39 is 12.0 Å². The topological polar surface area (TPSA) is 74.9 Å². The third kappa shape index (κ3) is 3.89. The molecule has 1 aliphatic rings. The van der Waals surface area contributed by atoms with Crippen molar-refractivity contribution in [1.29, 1.82) is 0 Å². The number of aromatic nitrogens is 2. The van der Waals surface area contributed by atoms with E-state index in [1.807, 2.05) is 47.1 Å². The number of amides is 1. The van der Waals surface area contributed by atoms with Gasteiger partial charge in [-0.25, -0.2) is 9.78 Å². The molecule has 0 spiro atoms. The summed E-state index contributed by atoms with van der Waals surface area (Å²) in [5.74, 6) is -0.390. The van der Waals surface area contributed by atoms with Gasteiger partial charge in [0.25, 0.3) is 5.91 Å². The predicted molar refractivity (Wildman–Crippen MR) is 108 cm³/mol. The molecule has 1 saturated heterocycles. The molecule has 1 atom stereocenters. The predicted octanol–water partition coefficient (Wildman–Crippen LogP) is 3.71. The lowest BCUT2D eigenvalue weighted by Crippen LogP contribution is -2.47. The van der Waals surface area contributed by atoms with E-state index in [0.29, 0.717) is 18.5 Å². The molecule has 1 aromatic carbocycles. The van der Waals surface area contributed by atoms with Gasteiger partial charge in [0, 0.05) is 35.2 Å². The van der Waals surface area contributed by atoms with E-state index in [1.54, 1.807) is 23.9 Å². The molecule has 6 nitrogen and oxygen atoms in total. The van der Waals surface area contributed by atoms with Gasteiger partial charge < -0.3 is 14.4 Å². The van der Waals surface area contributed by atoms with Gasteiger partial charge in [-0.05, 0) is 55.7 Å². The number of benzene rings is 1. The zero-order chi connectivity index (χ0) is 19.5. The van der Waals surface area contributed by atoms with E-state index in [-0.39, 0.29) is 5.91 Å². The maximum atomic E-state index is 12.7. The summed E-state index contributed by atoms with van der Waals surface area (Å²) >= 11 is 1.66. The molecule has 1 amide bonds. The van der Waals surface area contributed by atoms with E-state index in [1.165, 1.54) is 4.90 Å². The molecule has 0 saturated carbocycles. The van der Waals surface area contributed by atoms with Crippen molar-refractivity contribution in [1.82, 2.24) is 14.3 Å². The maximum Gasteiger partial charge on any atom is 0.326 e. The van der Waals surface area contributed by atoms with Crippen molar-refractivity contribution in [2.45, 2.75) is 36.0 Å². The summed E-state index contributed by atoms with van der Waals surface area (Å²) in [7, 11) is 0. The summed E-state index contributed by atoms with van der Waals surface area (Å²) in [5, 5.41) is 9.37. The summed E-state index contributed by atoms with van der Waals surface area (Å²) in [4.78, 5) is 31.3. The van der Waals surface area contributed by atoms with Gasteiger partial charge in [0.05, 0.1) is 5.69 Å². The summed E-state index contributed by atoms with van der Waals surface area (Å²) < 4.78 is 2.00. The lowest BCUT2D eigenvalue weighted by atomic mass is 10.0. The van der Waals surface area contributed by atoms with Crippen molar-refractivity contribution in [3.63, 3.8) is 0 Å². The molecule has 1 fully saturated rings. The second kappa shape index (κ2) is 8.06. The van der Waals surface area contributed by atoms with Crippen LogP contribution in [-0.4, -0.2) is 43.9 Å². The highest BCUT2D eigenvalue weighted by Crippen LogP contribution is 2.25. The number of piperidine rings is 1. The molecule has 0 bridgehead atoms. The molecule has 0 aliphatic carbocycles. The Bertz CT molecular complexity index is 967. The fraction of sp³-hybridized carbons (Fsp3) is 0.286. The van der Waals surface area contributed by atoms with Gasteiger partial charge in [-0.1, -0.05) is 6.07 Å². The van der Waals surface area contributed by atoms with Gasteiger partial charge in [-0.3, -0.25) is 4.79 Å². The summed E-state index contributed by atoms with van der Waals surface area (Å²) in [5.41, 5.74) is 2.45. The van der Waals surface area contributed by atoms with Crippen molar-refractivity contribution in [2.24, 2.45) is 0 Å². The molecule has 3 heterocycles. The second-order valence-corrected chi connectivity index (χ2v) is 7.91. The van der Waals surface area contributed by atoms with Gasteiger partial charge >= 0.3 is 5.97 Å². The van der Waals surface area contributed by atoms with Crippen LogP contribution in [0.1, 0.15) is 35.3 Å². The van der Waals surface area contributed by atoms with Crippen LogP contribution < -0.4 is 0 Å².